The number of esters is 2. The molecule has 1 heterocycles. The van der Waals surface area contributed by atoms with Crippen LogP contribution < -0.4 is 4.74 Å². The lowest BCUT2D eigenvalue weighted by Gasteiger charge is -2.13. The maximum Gasteiger partial charge on any atom is 0.343 e. The highest BCUT2D eigenvalue weighted by molar-refractivity contribution is 5.92. The second kappa shape index (κ2) is 20.7. The van der Waals surface area contributed by atoms with Gasteiger partial charge in [0, 0.05) is 18.0 Å². The number of hydrogen-bond donors (Lipinski definition) is 0. The largest absolute Gasteiger partial charge is 0.459 e. The molecule has 0 aliphatic heterocycles. The number of nitrogens with zero attached hydrogens (tertiary/aromatic N) is 4. The van der Waals surface area contributed by atoms with Gasteiger partial charge >= 0.3 is 11.9 Å². The third-order valence-electron chi connectivity index (χ3n) is 8.43. The van der Waals surface area contributed by atoms with Crippen molar-refractivity contribution in [2.75, 3.05) is 0 Å². The van der Waals surface area contributed by atoms with Crippen LogP contribution in [0.5, 0.6) is 5.75 Å². The third-order valence-corrected chi connectivity index (χ3v) is 8.43. The van der Waals surface area contributed by atoms with Crippen LogP contribution in [-0.4, -0.2) is 28.0 Å². The Labute approximate surface area is 295 Å². The van der Waals surface area contributed by atoms with E-state index in [2.05, 4.69) is 34.0 Å². The van der Waals surface area contributed by atoms with Gasteiger partial charge in [0.15, 0.2) is 17.4 Å². The number of benzene rings is 3. The van der Waals surface area contributed by atoms with Gasteiger partial charge in [-0.3, -0.25) is 0 Å². The van der Waals surface area contributed by atoms with Crippen LogP contribution >= 0.6 is 0 Å². The predicted octanol–water partition coefficient (Wildman–Crippen LogP) is 11.7. The lowest BCUT2D eigenvalue weighted by atomic mass is 10.1. The number of rotatable bonds is 20. The highest BCUT2D eigenvalue weighted by Crippen LogP contribution is 2.24. The summed E-state index contributed by atoms with van der Waals surface area (Å²) in [5.41, 5.74) is 3.49. The van der Waals surface area contributed by atoms with Gasteiger partial charge in [-0.05, 0) is 105 Å². The van der Waals surface area contributed by atoms with E-state index in [1.165, 1.54) is 62.8 Å². The summed E-state index contributed by atoms with van der Waals surface area (Å²) in [6, 6.07) is 17.4. The van der Waals surface area contributed by atoms with E-state index in [0.29, 0.717) is 17.2 Å². The molecule has 0 saturated heterocycles. The number of unbranched alkanes of at least 4 members (excludes halogenated alkanes) is 9. The van der Waals surface area contributed by atoms with Crippen molar-refractivity contribution in [2.45, 2.75) is 110 Å². The summed E-state index contributed by atoms with van der Waals surface area (Å²) >= 11 is 0. The van der Waals surface area contributed by atoms with Crippen LogP contribution in [0, 0.1) is 5.82 Å². The van der Waals surface area contributed by atoms with Gasteiger partial charge in [-0.25, -0.2) is 23.9 Å². The third kappa shape index (κ3) is 12.6. The Bertz CT molecular complexity index is 1660. The van der Waals surface area contributed by atoms with Gasteiger partial charge in [0.05, 0.1) is 28.6 Å². The number of carbonyl (C=O) groups is 2. The minimum atomic E-state index is -0.831. The van der Waals surface area contributed by atoms with Crippen LogP contribution in [0.1, 0.15) is 124 Å². The summed E-state index contributed by atoms with van der Waals surface area (Å²) in [6.45, 7) is 6.20. The molecule has 9 heteroatoms. The Morgan fingerprint density at radius 3 is 1.88 bits per heavy atom. The van der Waals surface area contributed by atoms with E-state index in [-0.39, 0.29) is 23.0 Å². The molecule has 0 unspecified atom stereocenters. The second-order valence-corrected chi connectivity index (χ2v) is 12.7. The Balaban J connectivity index is 1.23. The quantitative estimate of drug-likeness (QED) is 0.0398. The van der Waals surface area contributed by atoms with Crippen molar-refractivity contribution in [3.8, 4) is 17.1 Å². The Hall–Kier alpha value is -4.79. The number of halogens is 1. The first kappa shape index (κ1) is 38.0. The highest BCUT2D eigenvalue weighted by Gasteiger charge is 2.17. The molecular weight excluding hydrogens is 631 g/mol. The van der Waals surface area contributed by atoms with E-state index in [0.717, 1.165) is 62.1 Å². The maximum atomic E-state index is 14.7. The molecule has 50 heavy (non-hydrogen) atoms. The van der Waals surface area contributed by atoms with E-state index in [1.807, 2.05) is 43.6 Å². The normalized spacial score (nSPS) is 11.8. The number of carbonyl (C=O) groups excluding carboxylic acids is 2. The Morgan fingerprint density at radius 2 is 1.26 bits per heavy atom. The fourth-order valence-corrected chi connectivity index (χ4v) is 5.41. The molecule has 8 nitrogen and oxygen atoms in total. The van der Waals surface area contributed by atoms with Crippen LogP contribution in [0.15, 0.2) is 89.4 Å². The zero-order chi connectivity index (χ0) is 35.6. The van der Waals surface area contributed by atoms with Gasteiger partial charge < -0.3 is 9.47 Å². The molecule has 1 aromatic heterocycles. The number of hydrogen-bond acceptors (Lipinski definition) is 8. The molecule has 3 aromatic carbocycles. The molecule has 0 N–H and O–H groups in total. The minimum Gasteiger partial charge on any atom is -0.459 e. The first-order valence-corrected chi connectivity index (χ1v) is 18.0. The smallest absolute Gasteiger partial charge is 0.343 e. The van der Waals surface area contributed by atoms with Gasteiger partial charge in [-0.15, -0.1) is 0 Å². The molecule has 0 fully saturated rings. The van der Waals surface area contributed by atoms with Crippen LogP contribution in [-0.2, 0) is 11.2 Å². The predicted molar refractivity (Wildman–Crippen MR) is 195 cm³/mol. The van der Waals surface area contributed by atoms with Crippen molar-refractivity contribution in [1.82, 2.24) is 9.97 Å². The molecule has 4 rings (SSSR count). The van der Waals surface area contributed by atoms with Crippen LogP contribution in [0.4, 0.5) is 15.8 Å². The van der Waals surface area contributed by atoms with Crippen molar-refractivity contribution >= 4 is 23.3 Å². The fourth-order valence-electron chi connectivity index (χ4n) is 5.41. The molecule has 0 aliphatic carbocycles. The second-order valence-electron chi connectivity index (χ2n) is 12.7. The first-order valence-electron chi connectivity index (χ1n) is 18.0. The molecule has 0 aliphatic rings. The summed E-state index contributed by atoms with van der Waals surface area (Å²) in [5.74, 6) is -1.81. The monoisotopic (exact) mass is 680 g/mol. The zero-order valence-electron chi connectivity index (χ0n) is 29.6. The molecular formula is C41H49FN4O4. The van der Waals surface area contributed by atoms with E-state index < -0.39 is 17.8 Å². The average molecular weight is 681 g/mol. The summed E-state index contributed by atoms with van der Waals surface area (Å²) in [7, 11) is 0. The van der Waals surface area contributed by atoms with Gasteiger partial charge in [0.1, 0.15) is 0 Å². The van der Waals surface area contributed by atoms with Gasteiger partial charge in [-0.1, -0.05) is 71.6 Å². The number of aromatic nitrogens is 2. The summed E-state index contributed by atoms with van der Waals surface area (Å²) in [6.07, 6.45) is 18.6. The van der Waals surface area contributed by atoms with Gasteiger partial charge in [0.25, 0.3) is 0 Å². The fraction of sp³-hybridized carbons (Fsp3) is 0.415. The molecule has 0 radical (unpaired) electrons. The maximum absolute atomic E-state index is 14.7. The van der Waals surface area contributed by atoms with Crippen molar-refractivity contribution in [2.24, 2.45) is 10.2 Å². The van der Waals surface area contributed by atoms with E-state index in [1.54, 1.807) is 12.1 Å². The SMILES string of the molecule is CCCCCCCCCc1cnc(-c2ccc(N=Nc3ccc(C(=O)Oc4ccc(C(=O)O[C@@H](C)CCCCCC)cc4F)cc3)cc2)nc1. The molecule has 0 bridgehead atoms. The van der Waals surface area contributed by atoms with E-state index >= 15 is 0 Å². The zero-order valence-corrected chi connectivity index (χ0v) is 29.6. The van der Waals surface area contributed by atoms with Crippen LogP contribution in [0.2, 0.25) is 0 Å². The first-order chi connectivity index (χ1) is 24.4. The van der Waals surface area contributed by atoms with Gasteiger partial charge in [0.2, 0.25) is 0 Å². The number of ether oxygens (including phenoxy) is 2. The summed E-state index contributed by atoms with van der Waals surface area (Å²) in [5, 5.41) is 8.54. The highest BCUT2D eigenvalue weighted by atomic mass is 19.1. The summed E-state index contributed by atoms with van der Waals surface area (Å²) < 4.78 is 25.4. The topological polar surface area (TPSA) is 103 Å². The minimum absolute atomic E-state index is 0.0587. The lowest BCUT2D eigenvalue weighted by molar-refractivity contribution is 0.0319. The number of aryl methyl sites for hydroxylation is 1. The standard InChI is InChI=1S/C41H49FN4O4/c1-4-6-8-10-11-12-14-16-31-28-43-39(44-29-31)32-17-22-35(23-18-32)45-46-36-24-19-33(20-25-36)40(47)50-38-26-21-34(27-37(38)42)41(48)49-30(3)15-13-9-7-5-2/h17-30H,4-16H2,1-3H3/t30-/m0/s1. The van der Waals surface area contributed by atoms with E-state index in [9.17, 15) is 14.0 Å². The lowest BCUT2D eigenvalue weighted by Crippen LogP contribution is -2.15. The molecule has 0 amide bonds. The summed E-state index contributed by atoms with van der Waals surface area (Å²) in [4.78, 5) is 34.3. The Kier molecular flexibility index (Phi) is 15.7. The van der Waals surface area contributed by atoms with Crippen molar-refractivity contribution in [1.29, 1.82) is 0 Å². The molecule has 0 spiro atoms. The number of azo groups is 1. The van der Waals surface area contributed by atoms with Crippen LogP contribution in [0.25, 0.3) is 11.4 Å². The molecule has 264 valence electrons. The molecule has 0 saturated carbocycles. The Morgan fingerprint density at radius 1 is 0.700 bits per heavy atom. The van der Waals surface area contributed by atoms with E-state index in [4.69, 9.17) is 9.47 Å². The van der Waals surface area contributed by atoms with Crippen LogP contribution in [0.3, 0.4) is 0 Å². The van der Waals surface area contributed by atoms with Crippen molar-refractivity contribution in [3.63, 3.8) is 0 Å². The molecule has 4 aromatic rings. The van der Waals surface area contributed by atoms with Gasteiger partial charge in [-0.2, -0.15) is 10.2 Å². The van der Waals surface area contributed by atoms with Crippen molar-refractivity contribution < 1.29 is 23.5 Å². The van der Waals surface area contributed by atoms with Crippen molar-refractivity contribution in [3.05, 3.63) is 102 Å². The average Bonchev–Trinajstić information content (AvgIpc) is 3.13. The molecule has 1 atom stereocenters.